The van der Waals surface area contributed by atoms with Gasteiger partial charge in [-0.1, -0.05) is 35.5 Å². The van der Waals surface area contributed by atoms with Crippen LogP contribution in [0.15, 0.2) is 35.5 Å². The lowest BCUT2D eigenvalue weighted by atomic mass is 9.85. The maximum Gasteiger partial charge on any atom is 0.305 e. The number of hydrogen-bond donors (Lipinski definition) is 9. The third kappa shape index (κ3) is 12.6. The van der Waals surface area contributed by atoms with Crippen LogP contribution in [-0.2, 0) is 40.0 Å². The molecule has 1 saturated carbocycles. The van der Waals surface area contributed by atoms with E-state index in [0.717, 1.165) is 0 Å². The summed E-state index contributed by atoms with van der Waals surface area (Å²) in [5, 5.41) is 35.2. The largest absolute Gasteiger partial charge is 0.481 e. The Morgan fingerprint density at radius 3 is 2.28 bits per heavy atom. The summed E-state index contributed by atoms with van der Waals surface area (Å²) in [6.45, 7) is -0.985. The van der Waals surface area contributed by atoms with Gasteiger partial charge in [0, 0.05) is 25.1 Å². The molecule has 1 aromatic rings. The predicted molar refractivity (Wildman–Crippen MR) is 164 cm³/mol. The number of carboxylic acids is 1. The van der Waals surface area contributed by atoms with Crippen molar-refractivity contribution >= 4 is 47.7 Å². The summed E-state index contributed by atoms with van der Waals surface area (Å²) < 4.78 is 13.2. The van der Waals surface area contributed by atoms with E-state index in [1.54, 1.807) is 30.3 Å². The quantitative estimate of drug-likeness (QED) is 0.0504. The summed E-state index contributed by atoms with van der Waals surface area (Å²) in [6, 6.07) is 2.92. The van der Waals surface area contributed by atoms with Gasteiger partial charge in [-0.25, -0.2) is 4.39 Å². The first kappa shape index (κ1) is 36.2. The van der Waals surface area contributed by atoms with Gasteiger partial charge in [0.05, 0.1) is 13.0 Å². The van der Waals surface area contributed by atoms with Gasteiger partial charge in [-0.05, 0) is 31.2 Å². The van der Waals surface area contributed by atoms with Gasteiger partial charge >= 0.3 is 5.97 Å². The maximum atomic E-state index is 13.6. The van der Waals surface area contributed by atoms with Gasteiger partial charge in [0.25, 0.3) is 0 Å². The Bertz CT molecular complexity index is 1330. The van der Waals surface area contributed by atoms with Gasteiger partial charge in [-0.15, -0.1) is 0 Å². The number of amides is 5. The smallest absolute Gasteiger partial charge is 0.305 e. The predicted octanol–water partition coefficient (Wildman–Crippen LogP) is -2.21. The molecule has 2 fully saturated rings. The number of carbonyl (C=O) groups is 6. The van der Waals surface area contributed by atoms with E-state index < -0.39 is 85.4 Å². The van der Waals surface area contributed by atoms with E-state index in [-0.39, 0.29) is 50.5 Å². The fourth-order valence-corrected chi connectivity index (χ4v) is 4.73. The highest BCUT2D eigenvalue weighted by atomic mass is 19.1. The van der Waals surface area contributed by atoms with Crippen molar-refractivity contribution < 1.29 is 43.1 Å². The number of guanidine groups is 1. The SMILES string of the molecule is N=C(N)NCCC[C@@H]1NC(=O)[C@H](CO/N=C/C2CC(F)C2)NC(=O)[C@H](Cc2ccccc2)NC(=O)C(CC(=O)O)NC(=O)CNC1=O. The molecule has 3 rings (SSSR count). The Morgan fingerprint density at radius 1 is 0.979 bits per heavy atom. The number of carboxylic acid groups (broad SMARTS) is 1. The second kappa shape index (κ2) is 18.0. The molecule has 1 unspecified atom stereocenters. The van der Waals surface area contributed by atoms with Crippen LogP contribution in [0.1, 0.15) is 37.7 Å². The summed E-state index contributed by atoms with van der Waals surface area (Å²) >= 11 is 0. The second-order valence-electron chi connectivity index (χ2n) is 11.2. The van der Waals surface area contributed by atoms with E-state index in [9.17, 15) is 38.3 Å². The van der Waals surface area contributed by atoms with E-state index in [0.29, 0.717) is 5.56 Å². The molecule has 47 heavy (non-hydrogen) atoms. The molecular weight excluding hydrogens is 621 g/mol. The van der Waals surface area contributed by atoms with Crippen LogP contribution in [-0.4, -0.2) is 103 Å². The number of carbonyl (C=O) groups excluding carboxylic acids is 5. The summed E-state index contributed by atoms with van der Waals surface area (Å²) in [5.41, 5.74) is 5.92. The number of nitrogens with one attached hydrogen (secondary N) is 7. The number of rotatable bonds is 12. The Hall–Kier alpha value is -5.29. The molecule has 4 atom stereocenters. The van der Waals surface area contributed by atoms with Crippen molar-refractivity contribution in [3.63, 3.8) is 0 Å². The summed E-state index contributed by atoms with van der Waals surface area (Å²) in [4.78, 5) is 82.9. The number of nitrogens with zero attached hydrogens (tertiary/aromatic N) is 1. The van der Waals surface area contributed by atoms with Crippen molar-refractivity contribution in [3.8, 4) is 0 Å². The Labute approximate surface area is 269 Å². The van der Waals surface area contributed by atoms with Gasteiger partial charge in [-0.3, -0.25) is 34.2 Å². The minimum Gasteiger partial charge on any atom is -0.481 e. The van der Waals surface area contributed by atoms with E-state index in [1.165, 1.54) is 6.21 Å². The van der Waals surface area contributed by atoms with Crippen LogP contribution in [0.5, 0.6) is 0 Å². The van der Waals surface area contributed by atoms with Gasteiger partial charge in [-0.2, -0.15) is 0 Å². The maximum absolute atomic E-state index is 13.6. The minimum atomic E-state index is -1.61. The highest BCUT2D eigenvalue weighted by molar-refractivity contribution is 5.98. The van der Waals surface area contributed by atoms with Crippen LogP contribution in [0, 0.1) is 11.3 Å². The molecule has 5 amide bonds. The lowest BCUT2D eigenvalue weighted by Gasteiger charge is -2.26. The number of oxime groups is 1. The van der Waals surface area contributed by atoms with Crippen LogP contribution >= 0.6 is 0 Å². The number of aliphatic carboxylic acids is 1. The van der Waals surface area contributed by atoms with Crippen molar-refractivity contribution in [1.82, 2.24) is 31.9 Å². The molecule has 256 valence electrons. The number of nitrogens with two attached hydrogens (primary N) is 1. The number of hydrogen-bond acceptors (Lipinski definition) is 9. The number of alkyl halides is 1. The molecular formula is C29H40FN9O8. The molecule has 0 aromatic heterocycles. The highest BCUT2D eigenvalue weighted by Crippen LogP contribution is 2.28. The third-order valence-corrected chi connectivity index (χ3v) is 7.32. The van der Waals surface area contributed by atoms with Crippen LogP contribution in [0.3, 0.4) is 0 Å². The van der Waals surface area contributed by atoms with Gasteiger partial charge in [0.2, 0.25) is 29.5 Å². The lowest BCUT2D eigenvalue weighted by molar-refractivity contribution is -0.141. The fourth-order valence-electron chi connectivity index (χ4n) is 4.73. The molecule has 17 nitrogen and oxygen atoms in total. The zero-order valence-corrected chi connectivity index (χ0v) is 25.5. The summed E-state index contributed by atoms with van der Waals surface area (Å²) in [5.74, 6) is -6.22. The number of benzene rings is 1. The van der Waals surface area contributed by atoms with Crippen molar-refractivity contribution in [2.24, 2.45) is 16.8 Å². The molecule has 0 spiro atoms. The molecule has 10 N–H and O–H groups in total. The normalized spacial score (nSPS) is 25.9. The molecule has 0 radical (unpaired) electrons. The highest BCUT2D eigenvalue weighted by Gasteiger charge is 2.34. The van der Waals surface area contributed by atoms with Crippen LogP contribution in [0.4, 0.5) is 4.39 Å². The minimum absolute atomic E-state index is 0.0174. The van der Waals surface area contributed by atoms with Crippen molar-refractivity contribution in [1.29, 1.82) is 5.41 Å². The molecule has 1 saturated heterocycles. The average molecular weight is 662 g/mol. The average Bonchev–Trinajstić information content (AvgIpc) is 3.00. The van der Waals surface area contributed by atoms with E-state index in [4.69, 9.17) is 16.0 Å². The van der Waals surface area contributed by atoms with Crippen LogP contribution in [0.2, 0.25) is 0 Å². The Morgan fingerprint density at radius 2 is 1.62 bits per heavy atom. The number of halogens is 1. The van der Waals surface area contributed by atoms with Crippen LogP contribution < -0.4 is 37.6 Å². The molecule has 1 heterocycles. The van der Waals surface area contributed by atoms with Gasteiger partial charge in [0.15, 0.2) is 5.96 Å². The standard InChI is InChI=1S/C29H40FN9O8/c30-18-9-17(10-18)13-35-47-15-22-28(46)37-19(7-4-8-33-29(31)32)25(43)34-14-23(40)36-21(12-24(41)42)27(45)38-20(26(44)39-22)11-16-5-2-1-3-6-16/h1-3,5-6,13,17-22H,4,7-12,14-15H2,(H,34,43)(H,36,40)(H,37,46)(H,38,45)(H,39,44)(H,41,42)(H4,31,32,33)/b35-13+/t17?,18?,19-,20-,21?,22-/m0/s1. The van der Waals surface area contributed by atoms with Crippen LogP contribution in [0.25, 0.3) is 0 Å². The first-order chi connectivity index (χ1) is 22.4. The van der Waals surface area contributed by atoms with Gasteiger partial charge in [0.1, 0.15) is 36.9 Å². The van der Waals surface area contributed by atoms with Crippen molar-refractivity contribution in [3.05, 3.63) is 35.9 Å². The van der Waals surface area contributed by atoms with E-state index in [1.807, 2.05) is 0 Å². The molecule has 2 aliphatic rings. The second-order valence-corrected chi connectivity index (χ2v) is 11.2. The lowest BCUT2D eigenvalue weighted by Crippen LogP contribution is -2.59. The van der Waals surface area contributed by atoms with Gasteiger partial charge < -0.3 is 47.6 Å². The van der Waals surface area contributed by atoms with Crippen molar-refractivity contribution in [2.75, 3.05) is 19.7 Å². The van der Waals surface area contributed by atoms with E-state index in [2.05, 4.69) is 37.1 Å². The summed E-state index contributed by atoms with van der Waals surface area (Å²) in [7, 11) is 0. The topological polar surface area (TPSA) is 266 Å². The monoisotopic (exact) mass is 661 g/mol. The first-order valence-electron chi connectivity index (χ1n) is 15.0. The molecule has 18 heteroatoms. The molecule has 1 aliphatic heterocycles. The molecule has 1 aliphatic carbocycles. The van der Waals surface area contributed by atoms with Crippen molar-refractivity contribution in [2.45, 2.75) is 68.9 Å². The Balaban J connectivity index is 1.90. The van der Waals surface area contributed by atoms with E-state index >= 15 is 0 Å². The Kier molecular flexibility index (Phi) is 13.9. The third-order valence-electron chi connectivity index (χ3n) is 7.32. The fraction of sp³-hybridized carbons (Fsp3) is 0.517. The summed E-state index contributed by atoms with van der Waals surface area (Å²) in [6.07, 6.45) is 0.402. The first-order valence-corrected chi connectivity index (χ1v) is 15.0. The molecule has 1 aromatic carbocycles. The zero-order chi connectivity index (χ0) is 34.3. The zero-order valence-electron chi connectivity index (χ0n) is 25.5. The molecule has 0 bridgehead atoms.